The molecule has 0 aromatic heterocycles. The second-order valence-corrected chi connectivity index (χ2v) is 18.4. The summed E-state index contributed by atoms with van der Waals surface area (Å²) in [6.07, 6.45) is 0. The molecule has 300 valence electrons. The molecular formula is C62H47N. The highest BCUT2D eigenvalue weighted by Gasteiger charge is 2.38. The fourth-order valence-electron chi connectivity index (χ4n) is 11.3. The first kappa shape index (κ1) is 37.3. The lowest BCUT2D eigenvalue weighted by atomic mass is 9.79. The minimum Gasteiger partial charge on any atom is -0.310 e. The predicted molar refractivity (Wildman–Crippen MR) is 268 cm³/mol. The van der Waals surface area contributed by atoms with Gasteiger partial charge in [-0.25, -0.2) is 0 Å². The van der Waals surface area contributed by atoms with E-state index in [2.05, 4.69) is 245 Å². The molecule has 0 atom stereocenters. The minimum atomic E-state index is -0.133. The van der Waals surface area contributed by atoms with E-state index in [4.69, 9.17) is 0 Å². The van der Waals surface area contributed by atoms with Gasteiger partial charge in [0.2, 0.25) is 0 Å². The third-order valence-electron chi connectivity index (χ3n) is 14.2. The molecule has 2 aliphatic carbocycles. The van der Waals surface area contributed by atoms with E-state index in [0.717, 1.165) is 17.1 Å². The van der Waals surface area contributed by atoms with Crippen molar-refractivity contribution in [1.82, 2.24) is 0 Å². The molecule has 0 saturated carbocycles. The number of benzene rings is 10. The van der Waals surface area contributed by atoms with Crippen LogP contribution in [0.3, 0.4) is 0 Å². The van der Waals surface area contributed by atoms with Gasteiger partial charge in [0.25, 0.3) is 0 Å². The largest absolute Gasteiger partial charge is 0.310 e. The Balaban J connectivity index is 1.06. The summed E-state index contributed by atoms with van der Waals surface area (Å²) >= 11 is 0. The van der Waals surface area contributed by atoms with Gasteiger partial charge in [0.15, 0.2) is 0 Å². The van der Waals surface area contributed by atoms with Crippen LogP contribution in [0.2, 0.25) is 0 Å². The molecule has 0 spiro atoms. The van der Waals surface area contributed by atoms with Crippen LogP contribution in [0.1, 0.15) is 49.9 Å². The van der Waals surface area contributed by atoms with E-state index in [1.165, 1.54) is 99.4 Å². The summed E-state index contributed by atoms with van der Waals surface area (Å²) in [7, 11) is 0. The first-order valence-electron chi connectivity index (χ1n) is 22.3. The van der Waals surface area contributed by atoms with E-state index >= 15 is 0 Å². The zero-order valence-corrected chi connectivity index (χ0v) is 36.2. The van der Waals surface area contributed by atoms with E-state index < -0.39 is 0 Å². The molecule has 0 amide bonds. The molecule has 12 rings (SSSR count). The highest BCUT2D eigenvalue weighted by Crippen LogP contribution is 2.54. The third kappa shape index (κ3) is 5.62. The Morgan fingerprint density at radius 2 is 0.762 bits per heavy atom. The normalized spacial score (nSPS) is 14.0. The highest BCUT2D eigenvalue weighted by molar-refractivity contribution is 6.21. The fourth-order valence-corrected chi connectivity index (χ4v) is 11.3. The average Bonchev–Trinajstić information content (AvgIpc) is 3.71. The van der Waals surface area contributed by atoms with E-state index in [9.17, 15) is 0 Å². The van der Waals surface area contributed by atoms with Crippen LogP contribution >= 0.6 is 0 Å². The number of hydrogen-bond acceptors (Lipinski definition) is 1. The number of fused-ring (bicyclic) bond motifs is 9. The first-order chi connectivity index (χ1) is 30.8. The maximum absolute atomic E-state index is 2.47. The van der Waals surface area contributed by atoms with Crippen molar-refractivity contribution in [1.29, 1.82) is 0 Å². The van der Waals surface area contributed by atoms with E-state index in [0.29, 0.717) is 0 Å². The summed E-state index contributed by atoms with van der Waals surface area (Å²) in [5.74, 6) is 0. The van der Waals surface area contributed by atoms with Crippen molar-refractivity contribution in [3.8, 4) is 55.6 Å². The summed E-state index contributed by atoms with van der Waals surface area (Å²) in [6, 6.07) is 79.1. The molecule has 1 heteroatoms. The van der Waals surface area contributed by atoms with E-state index in [1.807, 2.05) is 0 Å². The second-order valence-electron chi connectivity index (χ2n) is 18.4. The van der Waals surface area contributed by atoms with Gasteiger partial charge in [0, 0.05) is 27.9 Å². The van der Waals surface area contributed by atoms with Gasteiger partial charge >= 0.3 is 0 Å². The summed E-state index contributed by atoms with van der Waals surface area (Å²) in [4.78, 5) is 2.47. The molecule has 10 aromatic rings. The van der Waals surface area contributed by atoms with Crippen molar-refractivity contribution < 1.29 is 0 Å². The van der Waals surface area contributed by atoms with Crippen molar-refractivity contribution >= 4 is 38.6 Å². The Labute approximate surface area is 370 Å². The van der Waals surface area contributed by atoms with Crippen molar-refractivity contribution in [2.24, 2.45) is 0 Å². The molecule has 1 nitrogen and oxygen atoms in total. The Bertz CT molecular complexity index is 3440. The first-order valence-corrected chi connectivity index (χ1v) is 22.3. The summed E-state index contributed by atoms with van der Waals surface area (Å²) < 4.78 is 0. The Morgan fingerprint density at radius 3 is 1.46 bits per heavy atom. The van der Waals surface area contributed by atoms with Gasteiger partial charge in [-0.2, -0.15) is 0 Å². The maximum Gasteiger partial charge on any atom is 0.0467 e. The number of nitrogens with zero attached hydrogens (tertiary/aromatic N) is 1. The predicted octanol–water partition coefficient (Wildman–Crippen LogP) is 17.1. The van der Waals surface area contributed by atoms with Gasteiger partial charge in [0.1, 0.15) is 0 Å². The molecule has 10 aromatic carbocycles. The monoisotopic (exact) mass is 805 g/mol. The molecule has 0 N–H and O–H groups in total. The zero-order chi connectivity index (χ0) is 42.5. The van der Waals surface area contributed by atoms with Crippen molar-refractivity contribution in [3.63, 3.8) is 0 Å². The molecule has 0 fully saturated rings. The lowest BCUT2D eigenvalue weighted by Gasteiger charge is -2.29. The molecule has 0 bridgehead atoms. The lowest BCUT2D eigenvalue weighted by molar-refractivity contribution is 0.660. The Morgan fingerprint density at radius 1 is 0.286 bits per heavy atom. The van der Waals surface area contributed by atoms with Gasteiger partial charge in [-0.1, -0.05) is 204 Å². The lowest BCUT2D eigenvalue weighted by Crippen LogP contribution is -2.17. The molecular weight excluding hydrogens is 759 g/mol. The van der Waals surface area contributed by atoms with Gasteiger partial charge in [0.05, 0.1) is 0 Å². The van der Waals surface area contributed by atoms with Gasteiger partial charge in [-0.15, -0.1) is 0 Å². The Hall–Kier alpha value is -7.48. The van der Waals surface area contributed by atoms with E-state index in [-0.39, 0.29) is 10.8 Å². The standard InChI is InChI=1S/C62H47N/c1-61(2)55-30-14-12-24-49(55)51-37-36-45(39-57(51)61)63(43-34-32-40(33-35-43)46-28-17-29-54-50-25-13-15-31-56(50)62(3,4)60(46)54)44-21-16-20-42(38-44)59-53-27-11-9-23-48(53)47-22-8-10-26-52(47)58(59)41-18-6-5-7-19-41/h5-39H,1-4H3. The van der Waals surface area contributed by atoms with Crippen LogP contribution < -0.4 is 4.90 Å². The van der Waals surface area contributed by atoms with Gasteiger partial charge in [-0.3, -0.25) is 0 Å². The second kappa shape index (κ2) is 14.0. The molecule has 0 radical (unpaired) electrons. The van der Waals surface area contributed by atoms with Gasteiger partial charge in [-0.05, 0) is 136 Å². The zero-order valence-electron chi connectivity index (χ0n) is 36.2. The number of rotatable bonds is 6. The van der Waals surface area contributed by atoms with Crippen LogP contribution in [0.5, 0.6) is 0 Å². The van der Waals surface area contributed by atoms with Crippen molar-refractivity contribution in [3.05, 3.63) is 235 Å². The van der Waals surface area contributed by atoms with Crippen LogP contribution in [-0.4, -0.2) is 0 Å². The van der Waals surface area contributed by atoms with Crippen LogP contribution in [0.25, 0.3) is 77.2 Å². The molecule has 0 unspecified atom stereocenters. The number of anilines is 3. The molecule has 0 aliphatic heterocycles. The van der Waals surface area contributed by atoms with E-state index in [1.54, 1.807) is 0 Å². The van der Waals surface area contributed by atoms with Crippen molar-refractivity contribution in [2.75, 3.05) is 4.90 Å². The SMILES string of the molecule is CC1(C)c2ccccc2-c2ccc(N(c3ccc(-c4cccc5c4C(C)(C)c4ccccc4-5)cc3)c3cccc(-c4c(-c5ccccc5)c5ccccc5c5ccccc45)c3)cc21. The molecule has 2 aliphatic rings. The smallest absolute Gasteiger partial charge is 0.0467 e. The summed E-state index contributed by atoms with van der Waals surface area (Å²) in [5.41, 5.74) is 21.4. The summed E-state index contributed by atoms with van der Waals surface area (Å²) in [6.45, 7) is 9.49. The highest BCUT2D eigenvalue weighted by atomic mass is 15.1. The summed E-state index contributed by atoms with van der Waals surface area (Å²) in [5, 5.41) is 5.04. The molecule has 0 heterocycles. The van der Waals surface area contributed by atoms with Crippen LogP contribution in [0.4, 0.5) is 17.1 Å². The average molecular weight is 806 g/mol. The van der Waals surface area contributed by atoms with Crippen LogP contribution in [-0.2, 0) is 10.8 Å². The third-order valence-corrected chi connectivity index (χ3v) is 14.2. The number of hydrogen-bond donors (Lipinski definition) is 0. The van der Waals surface area contributed by atoms with Crippen LogP contribution in [0, 0.1) is 0 Å². The minimum absolute atomic E-state index is 0.103. The maximum atomic E-state index is 2.47. The topological polar surface area (TPSA) is 3.24 Å². The van der Waals surface area contributed by atoms with Crippen molar-refractivity contribution in [2.45, 2.75) is 38.5 Å². The van der Waals surface area contributed by atoms with Gasteiger partial charge < -0.3 is 4.90 Å². The quantitative estimate of drug-likeness (QED) is 0.151. The van der Waals surface area contributed by atoms with Crippen LogP contribution in [0.15, 0.2) is 212 Å². The molecule has 63 heavy (non-hydrogen) atoms. The molecule has 0 saturated heterocycles. The fraction of sp³-hybridized carbons (Fsp3) is 0.0968. The Kier molecular flexibility index (Phi) is 8.30.